The van der Waals surface area contributed by atoms with Crippen LogP contribution in [0.1, 0.15) is 23.2 Å². The van der Waals surface area contributed by atoms with Gasteiger partial charge in [-0.2, -0.15) is 4.98 Å². The maximum absolute atomic E-state index is 12.3. The first kappa shape index (κ1) is 18.7. The van der Waals surface area contributed by atoms with Gasteiger partial charge in [-0.05, 0) is 37.3 Å². The first-order valence-corrected chi connectivity index (χ1v) is 8.55. The first-order valence-electron chi connectivity index (χ1n) is 8.17. The van der Waals surface area contributed by atoms with E-state index in [4.69, 9.17) is 30.3 Å². The third-order valence-corrected chi connectivity index (χ3v) is 3.81. The smallest absolute Gasteiger partial charge is 0.338 e. The zero-order valence-electron chi connectivity index (χ0n) is 14.8. The van der Waals surface area contributed by atoms with Gasteiger partial charge in [0.25, 0.3) is 5.89 Å². The van der Waals surface area contributed by atoms with Crippen LogP contribution >= 0.6 is 11.6 Å². The van der Waals surface area contributed by atoms with Gasteiger partial charge < -0.3 is 18.7 Å². The fourth-order valence-electron chi connectivity index (χ4n) is 2.34. The Morgan fingerprint density at radius 3 is 2.78 bits per heavy atom. The predicted octanol–water partition coefficient (Wildman–Crippen LogP) is 4.15. The molecule has 0 amide bonds. The summed E-state index contributed by atoms with van der Waals surface area (Å²) in [5.41, 5.74) is 1.03. The van der Waals surface area contributed by atoms with E-state index in [-0.39, 0.29) is 12.5 Å². The molecule has 3 aromatic rings. The summed E-state index contributed by atoms with van der Waals surface area (Å²) in [7, 11) is 1.50. The van der Waals surface area contributed by atoms with Crippen LogP contribution < -0.4 is 9.47 Å². The van der Waals surface area contributed by atoms with Crippen molar-refractivity contribution in [3.05, 3.63) is 58.9 Å². The standard InChI is InChI=1S/C19H17ClN2O5/c1-3-25-15-8-7-13(10-16(15)24-2)19(23)26-11-17-21-18(22-27-17)12-5-4-6-14(20)9-12/h4-10H,3,11H2,1-2H3. The van der Waals surface area contributed by atoms with Crippen LogP contribution in [0.4, 0.5) is 0 Å². The predicted molar refractivity (Wildman–Crippen MR) is 98.0 cm³/mol. The number of rotatable bonds is 7. The van der Waals surface area contributed by atoms with E-state index in [9.17, 15) is 4.79 Å². The normalized spacial score (nSPS) is 10.5. The first-order chi connectivity index (χ1) is 13.1. The Hall–Kier alpha value is -3.06. The third kappa shape index (κ3) is 4.57. The van der Waals surface area contributed by atoms with Crippen molar-refractivity contribution in [1.82, 2.24) is 10.1 Å². The molecule has 0 unspecified atom stereocenters. The summed E-state index contributed by atoms with van der Waals surface area (Å²) in [4.78, 5) is 16.5. The average molecular weight is 389 g/mol. The van der Waals surface area contributed by atoms with Crippen LogP contribution in [-0.2, 0) is 11.3 Å². The van der Waals surface area contributed by atoms with Crippen molar-refractivity contribution < 1.29 is 23.5 Å². The van der Waals surface area contributed by atoms with Crippen molar-refractivity contribution >= 4 is 17.6 Å². The van der Waals surface area contributed by atoms with Gasteiger partial charge in [0.15, 0.2) is 18.1 Å². The molecule has 2 aromatic carbocycles. The van der Waals surface area contributed by atoms with Crippen molar-refractivity contribution in [2.75, 3.05) is 13.7 Å². The lowest BCUT2D eigenvalue weighted by molar-refractivity contribution is 0.0429. The fraction of sp³-hybridized carbons (Fsp3) is 0.211. The van der Waals surface area contributed by atoms with Gasteiger partial charge in [-0.3, -0.25) is 0 Å². The van der Waals surface area contributed by atoms with E-state index in [1.165, 1.54) is 7.11 Å². The molecule has 0 aliphatic rings. The molecule has 0 radical (unpaired) electrons. The largest absolute Gasteiger partial charge is 0.493 e. The van der Waals surface area contributed by atoms with Gasteiger partial charge in [0.05, 0.1) is 19.3 Å². The topological polar surface area (TPSA) is 83.7 Å². The summed E-state index contributed by atoms with van der Waals surface area (Å²) < 4.78 is 21.0. The molecule has 0 atom stereocenters. The lowest BCUT2D eigenvalue weighted by Crippen LogP contribution is -2.06. The van der Waals surface area contributed by atoms with E-state index in [1.807, 2.05) is 6.92 Å². The van der Waals surface area contributed by atoms with Gasteiger partial charge in [-0.15, -0.1) is 0 Å². The Labute approximate surface area is 160 Å². The molecule has 0 fully saturated rings. The number of hydrogen-bond donors (Lipinski definition) is 0. The second-order valence-corrected chi connectivity index (χ2v) is 5.83. The maximum Gasteiger partial charge on any atom is 0.338 e. The second-order valence-electron chi connectivity index (χ2n) is 5.40. The summed E-state index contributed by atoms with van der Waals surface area (Å²) in [5.74, 6) is 1.01. The minimum atomic E-state index is -0.543. The molecule has 1 heterocycles. The van der Waals surface area contributed by atoms with Gasteiger partial charge in [-0.1, -0.05) is 28.9 Å². The molecule has 0 bridgehead atoms. The minimum Gasteiger partial charge on any atom is -0.493 e. The minimum absolute atomic E-state index is 0.151. The Morgan fingerprint density at radius 2 is 2.04 bits per heavy atom. The van der Waals surface area contributed by atoms with Crippen molar-refractivity contribution in [2.45, 2.75) is 13.5 Å². The van der Waals surface area contributed by atoms with E-state index in [0.29, 0.717) is 40.1 Å². The van der Waals surface area contributed by atoms with Gasteiger partial charge >= 0.3 is 5.97 Å². The highest BCUT2D eigenvalue weighted by Gasteiger charge is 2.15. The molecule has 0 spiro atoms. The van der Waals surface area contributed by atoms with Crippen LogP contribution in [0.5, 0.6) is 11.5 Å². The Kier molecular flexibility index (Phi) is 5.93. The number of benzene rings is 2. The molecular formula is C19H17ClN2O5. The van der Waals surface area contributed by atoms with Crippen molar-refractivity contribution in [3.8, 4) is 22.9 Å². The Morgan fingerprint density at radius 1 is 1.19 bits per heavy atom. The summed E-state index contributed by atoms with van der Waals surface area (Å²) in [5, 5.41) is 4.43. The summed E-state index contributed by atoms with van der Waals surface area (Å²) in [6.45, 7) is 2.21. The van der Waals surface area contributed by atoms with Gasteiger partial charge in [-0.25, -0.2) is 4.79 Å². The third-order valence-electron chi connectivity index (χ3n) is 3.58. The van der Waals surface area contributed by atoms with E-state index < -0.39 is 5.97 Å². The molecule has 27 heavy (non-hydrogen) atoms. The van der Waals surface area contributed by atoms with E-state index in [0.717, 1.165) is 0 Å². The lowest BCUT2D eigenvalue weighted by Gasteiger charge is -2.10. The molecule has 0 saturated carbocycles. The fourth-order valence-corrected chi connectivity index (χ4v) is 2.53. The zero-order chi connectivity index (χ0) is 19.2. The van der Waals surface area contributed by atoms with Crippen LogP contribution in [0.3, 0.4) is 0 Å². The van der Waals surface area contributed by atoms with Crippen LogP contribution in [0.15, 0.2) is 47.0 Å². The number of halogens is 1. The highest BCUT2D eigenvalue weighted by atomic mass is 35.5. The van der Waals surface area contributed by atoms with E-state index >= 15 is 0 Å². The maximum atomic E-state index is 12.3. The molecule has 140 valence electrons. The Bertz CT molecular complexity index is 941. The summed E-state index contributed by atoms with van der Waals surface area (Å²) >= 11 is 5.95. The van der Waals surface area contributed by atoms with Gasteiger partial charge in [0, 0.05) is 10.6 Å². The number of methoxy groups -OCH3 is 1. The molecule has 0 aliphatic carbocycles. The summed E-state index contributed by atoms with van der Waals surface area (Å²) in [6, 6.07) is 11.9. The summed E-state index contributed by atoms with van der Waals surface area (Å²) in [6.07, 6.45) is 0. The molecule has 0 N–H and O–H groups in total. The lowest BCUT2D eigenvalue weighted by atomic mass is 10.2. The molecule has 7 nitrogen and oxygen atoms in total. The molecule has 1 aromatic heterocycles. The SMILES string of the molecule is CCOc1ccc(C(=O)OCc2nc(-c3cccc(Cl)c3)no2)cc1OC. The molecule has 3 rings (SSSR count). The number of carbonyl (C=O) groups excluding carboxylic acids is 1. The van der Waals surface area contributed by atoms with E-state index in [1.54, 1.807) is 42.5 Å². The number of aromatic nitrogens is 2. The van der Waals surface area contributed by atoms with Gasteiger partial charge in [0.2, 0.25) is 5.82 Å². The quantitative estimate of drug-likeness (QED) is 0.562. The number of nitrogens with zero attached hydrogens (tertiary/aromatic N) is 2. The second kappa shape index (κ2) is 8.55. The van der Waals surface area contributed by atoms with Crippen LogP contribution in [0.25, 0.3) is 11.4 Å². The average Bonchev–Trinajstić information content (AvgIpc) is 3.16. The monoisotopic (exact) mass is 388 g/mol. The van der Waals surface area contributed by atoms with Gasteiger partial charge in [0.1, 0.15) is 0 Å². The number of carbonyl (C=O) groups is 1. The highest BCUT2D eigenvalue weighted by Crippen LogP contribution is 2.28. The molecule has 0 saturated heterocycles. The Balaban J connectivity index is 1.66. The van der Waals surface area contributed by atoms with Crippen LogP contribution in [0.2, 0.25) is 5.02 Å². The molecular weight excluding hydrogens is 372 g/mol. The van der Waals surface area contributed by atoms with Crippen LogP contribution in [-0.4, -0.2) is 29.8 Å². The van der Waals surface area contributed by atoms with E-state index in [2.05, 4.69) is 10.1 Å². The van der Waals surface area contributed by atoms with Crippen molar-refractivity contribution in [3.63, 3.8) is 0 Å². The van der Waals surface area contributed by atoms with Crippen molar-refractivity contribution in [2.24, 2.45) is 0 Å². The highest BCUT2D eigenvalue weighted by molar-refractivity contribution is 6.30. The number of esters is 1. The van der Waals surface area contributed by atoms with Crippen LogP contribution in [0, 0.1) is 0 Å². The molecule has 8 heteroatoms. The molecule has 0 aliphatic heterocycles. The van der Waals surface area contributed by atoms with Crippen molar-refractivity contribution in [1.29, 1.82) is 0 Å². The number of hydrogen-bond acceptors (Lipinski definition) is 7. The number of ether oxygens (including phenoxy) is 3. The zero-order valence-corrected chi connectivity index (χ0v) is 15.5.